The fourth-order valence-electron chi connectivity index (χ4n) is 1.07. The number of amides is 1. The molecule has 4 N–H and O–H groups in total. The van der Waals surface area contributed by atoms with Gasteiger partial charge in [-0.1, -0.05) is 13.8 Å². The van der Waals surface area contributed by atoms with Gasteiger partial charge in [-0.15, -0.1) is 0 Å². The molecule has 0 saturated heterocycles. The Morgan fingerprint density at radius 2 is 1.71 bits per heavy atom. The lowest BCUT2D eigenvalue weighted by molar-refractivity contribution is -0.134. The zero-order valence-corrected chi connectivity index (χ0v) is 8.81. The third kappa shape index (κ3) is 4.04. The molecule has 0 aliphatic rings. The van der Waals surface area contributed by atoms with Crippen LogP contribution in [0.3, 0.4) is 0 Å². The first-order valence-electron chi connectivity index (χ1n) is 4.80. The van der Waals surface area contributed by atoms with Crippen molar-refractivity contribution in [3.8, 4) is 0 Å². The third-order valence-corrected chi connectivity index (χ3v) is 2.05. The maximum absolute atomic E-state index is 11.6. The molecule has 5 nitrogen and oxygen atoms in total. The minimum atomic E-state index is -0.562. The van der Waals surface area contributed by atoms with E-state index in [2.05, 4.69) is 0 Å². The number of hydrogen-bond acceptors (Lipinski definition) is 4. The number of carbonyl (C=O) groups is 1. The van der Waals surface area contributed by atoms with Crippen LogP contribution < -0.4 is 5.73 Å². The van der Waals surface area contributed by atoms with E-state index < -0.39 is 6.04 Å². The molecule has 0 radical (unpaired) electrons. The van der Waals surface area contributed by atoms with Crippen LogP contribution in [0.4, 0.5) is 0 Å². The number of aliphatic hydroxyl groups is 2. The lowest BCUT2D eigenvalue weighted by atomic mass is 10.0. The zero-order valence-electron chi connectivity index (χ0n) is 8.81. The van der Waals surface area contributed by atoms with Crippen LogP contribution in [-0.4, -0.2) is 53.4 Å². The number of nitrogens with two attached hydrogens (primary N) is 1. The Morgan fingerprint density at radius 3 is 2.00 bits per heavy atom. The summed E-state index contributed by atoms with van der Waals surface area (Å²) in [5.41, 5.74) is 5.67. The lowest BCUT2D eigenvalue weighted by Gasteiger charge is -2.25. The molecule has 0 fully saturated rings. The molecule has 0 spiro atoms. The first kappa shape index (κ1) is 13.4. The minimum Gasteiger partial charge on any atom is -0.395 e. The Kier molecular flexibility index (Phi) is 6.44. The molecule has 0 rings (SSSR count). The van der Waals surface area contributed by atoms with Crippen molar-refractivity contribution in [3.05, 3.63) is 0 Å². The van der Waals surface area contributed by atoms with Gasteiger partial charge in [-0.25, -0.2) is 0 Å². The second-order valence-electron chi connectivity index (χ2n) is 3.54. The number of aliphatic hydroxyl groups excluding tert-OH is 2. The van der Waals surface area contributed by atoms with E-state index in [0.29, 0.717) is 0 Å². The van der Waals surface area contributed by atoms with Crippen molar-refractivity contribution in [1.82, 2.24) is 4.90 Å². The molecule has 0 bridgehead atoms. The van der Waals surface area contributed by atoms with Crippen LogP contribution in [-0.2, 0) is 4.79 Å². The quantitative estimate of drug-likeness (QED) is 0.506. The number of rotatable bonds is 6. The second-order valence-corrected chi connectivity index (χ2v) is 3.54. The average Bonchev–Trinajstić information content (AvgIpc) is 2.15. The fraction of sp³-hybridized carbons (Fsp3) is 0.889. The van der Waals surface area contributed by atoms with Crippen LogP contribution in [0.1, 0.15) is 13.8 Å². The lowest BCUT2D eigenvalue weighted by Crippen LogP contribution is -2.48. The van der Waals surface area contributed by atoms with Crippen molar-refractivity contribution in [3.63, 3.8) is 0 Å². The maximum Gasteiger partial charge on any atom is 0.239 e. The first-order chi connectivity index (χ1) is 6.54. The van der Waals surface area contributed by atoms with Gasteiger partial charge >= 0.3 is 0 Å². The molecule has 0 unspecified atom stereocenters. The molecule has 84 valence electrons. The highest BCUT2D eigenvalue weighted by Crippen LogP contribution is 2.03. The van der Waals surface area contributed by atoms with Crippen molar-refractivity contribution in [1.29, 1.82) is 0 Å². The van der Waals surface area contributed by atoms with Crippen LogP contribution in [0.15, 0.2) is 0 Å². The molecule has 0 aliphatic heterocycles. The van der Waals surface area contributed by atoms with Crippen molar-refractivity contribution in [2.75, 3.05) is 26.3 Å². The highest BCUT2D eigenvalue weighted by molar-refractivity contribution is 5.81. The summed E-state index contributed by atoms with van der Waals surface area (Å²) in [5.74, 6) is -0.162. The molecule has 0 aromatic carbocycles. The highest BCUT2D eigenvalue weighted by atomic mass is 16.3. The van der Waals surface area contributed by atoms with Crippen LogP contribution in [0.2, 0.25) is 0 Å². The Bertz CT molecular complexity index is 167. The van der Waals surface area contributed by atoms with Gasteiger partial charge in [-0.05, 0) is 5.92 Å². The average molecular weight is 204 g/mol. The Labute approximate surface area is 84.5 Å². The van der Waals surface area contributed by atoms with E-state index in [4.69, 9.17) is 15.9 Å². The fourth-order valence-corrected chi connectivity index (χ4v) is 1.07. The summed E-state index contributed by atoms with van der Waals surface area (Å²) in [6.07, 6.45) is 0. The number of hydrogen-bond donors (Lipinski definition) is 3. The van der Waals surface area contributed by atoms with Crippen molar-refractivity contribution in [2.24, 2.45) is 11.7 Å². The standard InChI is InChI=1S/C9H20N2O3/c1-7(2)8(10)9(14)11(3-5-12)4-6-13/h7-8,12-13H,3-6,10H2,1-2H3/t8-/m0/s1. The van der Waals surface area contributed by atoms with Gasteiger partial charge in [0, 0.05) is 13.1 Å². The van der Waals surface area contributed by atoms with Crippen LogP contribution >= 0.6 is 0 Å². The molecule has 0 heterocycles. The van der Waals surface area contributed by atoms with Crippen molar-refractivity contribution in [2.45, 2.75) is 19.9 Å². The smallest absolute Gasteiger partial charge is 0.239 e. The molecule has 5 heteroatoms. The second kappa shape index (κ2) is 6.75. The third-order valence-electron chi connectivity index (χ3n) is 2.05. The van der Waals surface area contributed by atoms with E-state index in [1.165, 1.54) is 4.90 Å². The highest BCUT2D eigenvalue weighted by Gasteiger charge is 2.22. The van der Waals surface area contributed by atoms with Gasteiger partial charge < -0.3 is 20.8 Å². The zero-order chi connectivity index (χ0) is 11.1. The van der Waals surface area contributed by atoms with E-state index in [1.54, 1.807) is 0 Å². The maximum atomic E-state index is 11.6. The molecular formula is C9H20N2O3. The normalized spacial score (nSPS) is 13.0. The van der Waals surface area contributed by atoms with E-state index in [9.17, 15) is 4.79 Å². The van der Waals surface area contributed by atoms with Gasteiger partial charge in [0.2, 0.25) is 5.91 Å². The molecule has 0 aromatic heterocycles. The molecule has 0 aliphatic carbocycles. The molecule has 0 saturated carbocycles. The van der Waals surface area contributed by atoms with E-state index >= 15 is 0 Å². The molecule has 0 aromatic rings. The summed E-state index contributed by atoms with van der Waals surface area (Å²) in [5, 5.41) is 17.4. The number of carbonyl (C=O) groups excluding carboxylic acids is 1. The summed E-state index contributed by atoms with van der Waals surface area (Å²) >= 11 is 0. The predicted octanol–water partition coefficient (Wildman–Crippen LogP) is -1.22. The molecule has 1 amide bonds. The van der Waals surface area contributed by atoms with Gasteiger partial charge in [-0.2, -0.15) is 0 Å². The molecule has 1 atom stereocenters. The van der Waals surface area contributed by atoms with Crippen molar-refractivity contribution >= 4 is 5.91 Å². The van der Waals surface area contributed by atoms with Crippen LogP contribution in [0.25, 0.3) is 0 Å². The van der Waals surface area contributed by atoms with Crippen LogP contribution in [0.5, 0.6) is 0 Å². The van der Waals surface area contributed by atoms with E-state index in [1.807, 2.05) is 13.8 Å². The Morgan fingerprint density at radius 1 is 1.29 bits per heavy atom. The van der Waals surface area contributed by atoms with E-state index in [-0.39, 0.29) is 38.1 Å². The van der Waals surface area contributed by atoms with E-state index in [0.717, 1.165) is 0 Å². The topological polar surface area (TPSA) is 86.8 Å². The van der Waals surface area contributed by atoms with Gasteiger partial charge in [-0.3, -0.25) is 4.79 Å². The minimum absolute atomic E-state index is 0.0578. The van der Waals surface area contributed by atoms with Gasteiger partial charge in [0.25, 0.3) is 0 Å². The summed E-state index contributed by atoms with van der Waals surface area (Å²) in [6, 6.07) is -0.562. The summed E-state index contributed by atoms with van der Waals surface area (Å²) in [6.45, 7) is 3.93. The largest absolute Gasteiger partial charge is 0.395 e. The summed E-state index contributed by atoms with van der Waals surface area (Å²) in [7, 11) is 0. The summed E-state index contributed by atoms with van der Waals surface area (Å²) in [4.78, 5) is 13.0. The van der Waals surface area contributed by atoms with Gasteiger partial charge in [0.15, 0.2) is 0 Å². The number of nitrogens with zero attached hydrogens (tertiary/aromatic N) is 1. The monoisotopic (exact) mass is 204 g/mol. The predicted molar refractivity (Wildman–Crippen MR) is 53.6 cm³/mol. The Hall–Kier alpha value is -0.650. The van der Waals surface area contributed by atoms with Crippen LogP contribution in [0, 0.1) is 5.92 Å². The Balaban J connectivity index is 4.26. The summed E-state index contributed by atoms with van der Waals surface area (Å²) < 4.78 is 0. The van der Waals surface area contributed by atoms with Gasteiger partial charge in [0.1, 0.15) is 0 Å². The first-order valence-corrected chi connectivity index (χ1v) is 4.80. The SMILES string of the molecule is CC(C)[C@H](N)C(=O)N(CCO)CCO. The molecular weight excluding hydrogens is 184 g/mol. The van der Waals surface area contributed by atoms with Crippen molar-refractivity contribution < 1.29 is 15.0 Å². The molecule has 14 heavy (non-hydrogen) atoms. The van der Waals surface area contributed by atoms with Gasteiger partial charge in [0.05, 0.1) is 19.3 Å².